The van der Waals surface area contributed by atoms with Crippen molar-refractivity contribution in [3.8, 4) is 0 Å². The minimum absolute atomic E-state index is 0.168. The first kappa shape index (κ1) is 13.8. The van der Waals surface area contributed by atoms with Crippen LogP contribution < -0.4 is 10.6 Å². The molecule has 0 spiro atoms. The van der Waals surface area contributed by atoms with E-state index in [1.54, 1.807) is 0 Å². The molecule has 18 heavy (non-hydrogen) atoms. The maximum Gasteiger partial charge on any atom is 0.228 e. The number of ether oxygens (including phenoxy) is 1. The van der Waals surface area contributed by atoms with E-state index in [-0.39, 0.29) is 16.9 Å². The Morgan fingerprint density at radius 1 is 1.44 bits per heavy atom. The van der Waals surface area contributed by atoms with E-state index < -0.39 is 0 Å². The van der Waals surface area contributed by atoms with Crippen molar-refractivity contribution in [1.29, 1.82) is 0 Å². The fraction of sp³-hybridized carbons (Fsp3) is 0.929. The number of nitrogens with one attached hydrogen (secondary N) is 2. The van der Waals surface area contributed by atoms with Gasteiger partial charge in [-0.1, -0.05) is 13.3 Å². The molecule has 2 aliphatic rings. The van der Waals surface area contributed by atoms with Gasteiger partial charge >= 0.3 is 0 Å². The predicted octanol–water partition coefficient (Wildman–Crippen LogP) is 1.45. The van der Waals surface area contributed by atoms with Crippen LogP contribution in [-0.4, -0.2) is 37.7 Å². The second-order valence-electron chi connectivity index (χ2n) is 6.13. The average Bonchev–Trinajstić information content (AvgIpc) is 2.80. The molecule has 0 aromatic carbocycles. The van der Waals surface area contributed by atoms with E-state index in [9.17, 15) is 4.79 Å². The number of hydrogen-bond acceptors (Lipinski definition) is 3. The summed E-state index contributed by atoms with van der Waals surface area (Å²) in [5.41, 5.74) is -0.353. The van der Waals surface area contributed by atoms with Crippen LogP contribution in [0.5, 0.6) is 0 Å². The highest BCUT2D eigenvalue weighted by Crippen LogP contribution is 2.32. The minimum Gasteiger partial charge on any atom is -0.379 e. The minimum atomic E-state index is -0.185. The van der Waals surface area contributed by atoms with Gasteiger partial charge in [-0.05, 0) is 39.2 Å². The summed E-state index contributed by atoms with van der Waals surface area (Å²) in [7, 11) is 0. The Labute approximate surface area is 110 Å². The summed E-state index contributed by atoms with van der Waals surface area (Å²) < 4.78 is 5.51. The summed E-state index contributed by atoms with van der Waals surface area (Å²) in [5, 5.41) is 6.60. The van der Waals surface area contributed by atoms with Crippen molar-refractivity contribution >= 4 is 5.91 Å². The summed E-state index contributed by atoms with van der Waals surface area (Å²) in [5.74, 6) is 0.224. The Morgan fingerprint density at radius 3 is 2.83 bits per heavy atom. The normalized spacial score (nSPS) is 36.6. The predicted molar refractivity (Wildman–Crippen MR) is 71.4 cm³/mol. The van der Waals surface area contributed by atoms with Gasteiger partial charge in [0, 0.05) is 13.2 Å². The molecule has 4 heteroatoms. The monoisotopic (exact) mass is 254 g/mol. The van der Waals surface area contributed by atoms with E-state index in [1.165, 1.54) is 0 Å². The van der Waals surface area contributed by atoms with Crippen LogP contribution in [0.15, 0.2) is 0 Å². The Hall–Kier alpha value is -0.610. The molecule has 2 aliphatic heterocycles. The molecule has 2 N–H and O–H groups in total. The van der Waals surface area contributed by atoms with E-state index in [0.29, 0.717) is 6.61 Å². The highest BCUT2D eigenvalue weighted by atomic mass is 16.5. The SMILES string of the molecule is CCCC1(C(=O)NC2(C)CCCOC2)CCNC1. The first-order valence-corrected chi connectivity index (χ1v) is 7.21. The van der Waals surface area contributed by atoms with Crippen molar-refractivity contribution in [2.24, 2.45) is 5.41 Å². The molecule has 2 rings (SSSR count). The van der Waals surface area contributed by atoms with Gasteiger partial charge in [-0.2, -0.15) is 0 Å². The molecule has 0 bridgehead atoms. The summed E-state index contributed by atoms with van der Waals surface area (Å²) in [6.07, 6.45) is 5.05. The van der Waals surface area contributed by atoms with Gasteiger partial charge in [-0.25, -0.2) is 0 Å². The zero-order valence-corrected chi connectivity index (χ0v) is 11.7. The molecule has 0 radical (unpaired) electrons. The van der Waals surface area contributed by atoms with Crippen molar-refractivity contribution < 1.29 is 9.53 Å². The van der Waals surface area contributed by atoms with E-state index in [0.717, 1.165) is 51.8 Å². The summed E-state index contributed by atoms with van der Waals surface area (Å²) >= 11 is 0. The lowest BCUT2D eigenvalue weighted by molar-refractivity contribution is -0.134. The lowest BCUT2D eigenvalue weighted by atomic mass is 9.80. The Morgan fingerprint density at radius 2 is 2.28 bits per heavy atom. The van der Waals surface area contributed by atoms with Crippen molar-refractivity contribution in [2.45, 2.75) is 51.5 Å². The smallest absolute Gasteiger partial charge is 0.228 e. The first-order chi connectivity index (χ1) is 8.60. The average molecular weight is 254 g/mol. The lowest BCUT2D eigenvalue weighted by Crippen LogP contribution is -2.56. The molecule has 2 atom stereocenters. The molecular formula is C14H26N2O2. The number of carbonyl (C=O) groups excluding carboxylic acids is 1. The van der Waals surface area contributed by atoms with Crippen LogP contribution in [-0.2, 0) is 9.53 Å². The van der Waals surface area contributed by atoms with E-state index >= 15 is 0 Å². The van der Waals surface area contributed by atoms with Crippen LogP contribution >= 0.6 is 0 Å². The van der Waals surface area contributed by atoms with E-state index in [2.05, 4.69) is 24.5 Å². The van der Waals surface area contributed by atoms with Crippen LogP contribution in [0.1, 0.15) is 46.0 Å². The molecule has 0 saturated carbocycles. The van der Waals surface area contributed by atoms with Gasteiger partial charge in [0.25, 0.3) is 0 Å². The van der Waals surface area contributed by atoms with Crippen molar-refractivity contribution in [3.63, 3.8) is 0 Å². The van der Waals surface area contributed by atoms with Crippen molar-refractivity contribution in [2.75, 3.05) is 26.3 Å². The Kier molecular flexibility index (Phi) is 4.28. The van der Waals surface area contributed by atoms with Crippen LogP contribution in [0.4, 0.5) is 0 Å². The zero-order valence-electron chi connectivity index (χ0n) is 11.7. The van der Waals surface area contributed by atoms with Gasteiger partial charge in [0.15, 0.2) is 0 Å². The molecule has 4 nitrogen and oxygen atoms in total. The Balaban J connectivity index is 2.00. The lowest BCUT2D eigenvalue weighted by Gasteiger charge is -2.38. The molecule has 0 aromatic heterocycles. The second kappa shape index (κ2) is 5.57. The van der Waals surface area contributed by atoms with Gasteiger partial charge in [-0.15, -0.1) is 0 Å². The third kappa shape index (κ3) is 2.86. The van der Waals surface area contributed by atoms with Gasteiger partial charge in [0.1, 0.15) is 0 Å². The third-order valence-electron chi connectivity index (χ3n) is 4.31. The number of carbonyl (C=O) groups is 1. The van der Waals surface area contributed by atoms with Crippen LogP contribution in [0.25, 0.3) is 0 Å². The molecule has 0 aromatic rings. The van der Waals surface area contributed by atoms with Gasteiger partial charge in [-0.3, -0.25) is 4.79 Å². The highest BCUT2D eigenvalue weighted by molar-refractivity contribution is 5.84. The van der Waals surface area contributed by atoms with Crippen LogP contribution in [0.2, 0.25) is 0 Å². The molecule has 0 aliphatic carbocycles. The van der Waals surface area contributed by atoms with Gasteiger partial charge in [0.2, 0.25) is 5.91 Å². The first-order valence-electron chi connectivity index (χ1n) is 7.21. The van der Waals surface area contributed by atoms with E-state index in [4.69, 9.17) is 4.74 Å². The molecule has 104 valence electrons. The maximum atomic E-state index is 12.6. The Bertz CT molecular complexity index is 292. The quantitative estimate of drug-likeness (QED) is 0.798. The topological polar surface area (TPSA) is 50.4 Å². The summed E-state index contributed by atoms with van der Waals surface area (Å²) in [6.45, 7) is 7.51. The van der Waals surface area contributed by atoms with Crippen molar-refractivity contribution in [3.05, 3.63) is 0 Å². The number of hydrogen-bond donors (Lipinski definition) is 2. The molecule has 2 fully saturated rings. The molecule has 2 saturated heterocycles. The highest BCUT2D eigenvalue weighted by Gasteiger charge is 2.43. The standard InChI is InChI=1S/C14H26N2O2/c1-3-5-14(7-8-15-10-14)12(17)16-13(2)6-4-9-18-11-13/h15H,3-11H2,1-2H3,(H,16,17). The molecule has 2 heterocycles. The molecular weight excluding hydrogens is 228 g/mol. The van der Waals surface area contributed by atoms with E-state index in [1.807, 2.05) is 0 Å². The van der Waals surface area contributed by atoms with Crippen molar-refractivity contribution in [1.82, 2.24) is 10.6 Å². The van der Waals surface area contributed by atoms with Crippen LogP contribution in [0.3, 0.4) is 0 Å². The van der Waals surface area contributed by atoms with Gasteiger partial charge < -0.3 is 15.4 Å². The van der Waals surface area contributed by atoms with Crippen LogP contribution in [0, 0.1) is 5.41 Å². The summed E-state index contributed by atoms with van der Waals surface area (Å²) in [6, 6.07) is 0. The third-order valence-corrected chi connectivity index (χ3v) is 4.31. The number of rotatable bonds is 4. The maximum absolute atomic E-state index is 12.6. The molecule has 1 amide bonds. The van der Waals surface area contributed by atoms with Gasteiger partial charge in [0.05, 0.1) is 17.6 Å². The second-order valence-corrected chi connectivity index (χ2v) is 6.13. The molecule has 2 unspecified atom stereocenters. The summed E-state index contributed by atoms with van der Waals surface area (Å²) in [4.78, 5) is 12.6. The fourth-order valence-corrected chi connectivity index (χ4v) is 3.18. The fourth-order valence-electron chi connectivity index (χ4n) is 3.18. The largest absolute Gasteiger partial charge is 0.379 e. The zero-order chi connectivity index (χ0) is 13.1. The number of amides is 1.